The summed E-state index contributed by atoms with van der Waals surface area (Å²) >= 11 is 0. The molecular formula is C22H26FNO5. The highest BCUT2D eigenvalue weighted by molar-refractivity contribution is 5.78. The van der Waals surface area contributed by atoms with Crippen molar-refractivity contribution >= 4 is 12.1 Å². The number of rotatable bonds is 6. The van der Waals surface area contributed by atoms with E-state index < -0.39 is 29.9 Å². The van der Waals surface area contributed by atoms with Crippen molar-refractivity contribution in [3.05, 3.63) is 65.7 Å². The number of esters is 1. The lowest BCUT2D eigenvalue weighted by Gasteiger charge is -2.26. The van der Waals surface area contributed by atoms with Crippen molar-refractivity contribution < 1.29 is 28.6 Å². The van der Waals surface area contributed by atoms with E-state index in [4.69, 9.17) is 9.47 Å². The van der Waals surface area contributed by atoms with E-state index in [1.54, 1.807) is 51.1 Å². The van der Waals surface area contributed by atoms with Gasteiger partial charge in [0.2, 0.25) is 6.17 Å². The number of aliphatic hydroxyl groups is 1. The summed E-state index contributed by atoms with van der Waals surface area (Å²) in [4.78, 5) is 25.2. The molecule has 0 aliphatic carbocycles. The zero-order chi connectivity index (χ0) is 21.6. The summed E-state index contributed by atoms with van der Waals surface area (Å²) in [5, 5.41) is 10.3. The molecule has 0 bridgehead atoms. The van der Waals surface area contributed by atoms with E-state index in [0.717, 1.165) is 0 Å². The molecule has 2 unspecified atom stereocenters. The molecule has 0 saturated heterocycles. The minimum absolute atomic E-state index is 0.0224. The summed E-state index contributed by atoms with van der Waals surface area (Å²) in [6.07, 6.45) is -3.39. The van der Waals surface area contributed by atoms with Crippen molar-refractivity contribution in [3.63, 3.8) is 0 Å². The number of carbonyl (C=O) groups excluding carboxylic acids is 2. The molecule has 7 heteroatoms. The normalized spacial score (nSPS) is 13.3. The molecule has 1 amide bonds. The second kappa shape index (κ2) is 9.52. The van der Waals surface area contributed by atoms with Gasteiger partial charge in [-0.15, -0.1) is 0 Å². The fraction of sp³-hybridized carbons (Fsp3) is 0.364. The standard InChI is InChI=1S/C22H26FNO5/c1-22(2,3)29-21(27)24(4)14-18(25)15-10-12-17(13-11-15)28-20(26)19(23)16-8-6-5-7-9-16/h5-13,18-19,25H,14H2,1-4H3. The van der Waals surface area contributed by atoms with Gasteiger partial charge in [-0.05, 0) is 44.0 Å². The zero-order valence-electron chi connectivity index (χ0n) is 17.0. The van der Waals surface area contributed by atoms with Crippen molar-refractivity contribution in [3.8, 4) is 5.75 Å². The second-order valence-corrected chi connectivity index (χ2v) is 7.64. The van der Waals surface area contributed by atoms with Crippen molar-refractivity contribution in [2.75, 3.05) is 13.6 Å². The Kier molecular flexibility index (Phi) is 7.34. The number of alkyl halides is 1. The van der Waals surface area contributed by atoms with Crippen LogP contribution in [0.25, 0.3) is 0 Å². The van der Waals surface area contributed by atoms with E-state index >= 15 is 0 Å². The molecule has 2 atom stereocenters. The van der Waals surface area contributed by atoms with Gasteiger partial charge in [0.15, 0.2) is 0 Å². The summed E-state index contributed by atoms with van der Waals surface area (Å²) in [5.74, 6) is -0.862. The molecule has 0 fully saturated rings. The predicted molar refractivity (Wildman–Crippen MR) is 106 cm³/mol. The number of hydrogen-bond donors (Lipinski definition) is 1. The molecule has 1 N–H and O–H groups in total. The highest BCUT2D eigenvalue weighted by Crippen LogP contribution is 2.23. The molecule has 0 aromatic heterocycles. The lowest BCUT2D eigenvalue weighted by molar-refractivity contribution is -0.140. The number of halogens is 1. The molecule has 0 radical (unpaired) electrons. The summed E-state index contributed by atoms with van der Waals surface area (Å²) in [5.41, 5.74) is 0.102. The molecule has 2 rings (SSSR count). The smallest absolute Gasteiger partial charge is 0.410 e. The maximum atomic E-state index is 14.2. The van der Waals surface area contributed by atoms with Crippen molar-refractivity contribution in [1.82, 2.24) is 4.90 Å². The molecule has 0 spiro atoms. The van der Waals surface area contributed by atoms with Gasteiger partial charge in [-0.25, -0.2) is 14.0 Å². The molecule has 6 nitrogen and oxygen atoms in total. The number of amides is 1. The lowest BCUT2D eigenvalue weighted by Crippen LogP contribution is -2.36. The van der Waals surface area contributed by atoms with Crippen LogP contribution in [0.1, 0.15) is 44.2 Å². The van der Waals surface area contributed by atoms with Crippen LogP contribution in [-0.4, -0.2) is 41.3 Å². The highest BCUT2D eigenvalue weighted by Gasteiger charge is 2.23. The SMILES string of the molecule is CN(CC(O)c1ccc(OC(=O)C(F)c2ccccc2)cc1)C(=O)OC(C)(C)C. The fourth-order valence-corrected chi connectivity index (χ4v) is 2.46. The average molecular weight is 403 g/mol. The van der Waals surface area contributed by atoms with Gasteiger partial charge in [-0.1, -0.05) is 42.5 Å². The Morgan fingerprint density at radius 1 is 1.03 bits per heavy atom. The molecule has 0 heterocycles. The Hall–Kier alpha value is -2.93. The Morgan fingerprint density at radius 2 is 1.62 bits per heavy atom. The Bertz CT molecular complexity index is 817. The highest BCUT2D eigenvalue weighted by atomic mass is 19.1. The zero-order valence-corrected chi connectivity index (χ0v) is 17.0. The Balaban J connectivity index is 1.93. The number of ether oxygens (including phenoxy) is 2. The van der Waals surface area contributed by atoms with E-state index in [9.17, 15) is 19.1 Å². The van der Waals surface area contributed by atoms with Gasteiger partial charge in [0.05, 0.1) is 12.6 Å². The summed E-state index contributed by atoms with van der Waals surface area (Å²) < 4.78 is 24.5. The van der Waals surface area contributed by atoms with Crippen LogP contribution in [-0.2, 0) is 9.53 Å². The molecule has 2 aromatic rings. The van der Waals surface area contributed by atoms with E-state index in [1.807, 2.05) is 0 Å². The topological polar surface area (TPSA) is 76.1 Å². The first-order valence-electron chi connectivity index (χ1n) is 9.19. The Labute approximate surface area is 169 Å². The number of nitrogens with zero attached hydrogens (tertiary/aromatic N) is 1. The second-order valence-electron chi connectivity index (χ2n) is 7.64. The van der Waals surface area contributed by atoms with Gasteiger partial charge in [-0.3, -0.25) is 0 Å². The Morgan fingerprint density at radius 3 is 2.17 bits per heavy atom. The number of benzene rings is 2. The lowest BCUT2D eigenvalue weighted by atomic mass is 10.1. The van der Waals surface area contributed by atoms with Gasteiger partial charge in [0.25, 0.3) is 0 Å². The van der Waals surface area contributed by atoms with Gasteiger partial charge in [0, 0.05) is 7.05 Å². The predicted octanol–water partition coefficient (Wildman–Crippen LogP) is 4.20. The molecule has 29 heavy (non-hydrogen) atoms. The van der Waals surface area contributed by atoms with Crippen molar-refractivity contribution in [2.24, 2.45) is 0 Å². The van der Waals surface area contributed by atoms with Gasteiger partial charge < -0.3 is 19.5 Å². The molecule has 0 aliphatic heterocycles. The van der Waals surface area contributed by atoms with E-state index in [1.165, 1.54) is 36.2 Å². The molecule has 0 saturated carbocycles. The van der Waals surface area contributed by atoms with Gasteiger partial charge in [0.1, 0.15) is 11.4 Å². The minimum Gasteiger partial charge on any atom is -0.444 e. The van der Waals surface area contributed by atoms with Crippen LogP contribution in [0.15, 0.2) is 54.6 Å². The van der Waals surface area contributed by atoms with Crippen LogP contribution >= 0.6 is 0 Å². The maximum absolute atomic E-state index is 14.2. The molecular weight excluding hydrogens is 377 g/mol. The monoisotopic (exact) mass is 403 g/mol. The first-order chi connectivity index (χ1) is 13.6. The third-order valence-electron chi connectivity index (χ3n) is 3.93. The first-order valence-corrected chi connectivity index (χ1v) is 9.19. The quantitative estimate of drug-likeness (QED) is 0.578. The number of hydrogen-bond acceptors (Lipinski definition) is 5. The molecule has 0 aliphatic rings. The van der Waals surface area contributed by atoms with Crippen LogP contribution in [0.2, 0.25) is 0 Å². The maximum Gasteiger partial charge on any atom is 0.410 e. The summed E-state index contributed by atoms with van der Waals surface area (Å²) in [6, 6.07) is 14.0. The van der Waals surface area contributed by atoms with Gasteiger partial charge in [-0.2, -0.15) is 0 Å². The molecule has 2 aromatic carbocycles. The van der Waals surface area contributed by atoms with E-state index in [0.29, 0.717) is 5.56 Å². The number of likely N-dealkylation sites (N-methyl/N-ethyl adjacent to an activating group) is 1. The first kappa shape index (κ1) is 22.4. The van der Waals surface area contributed by atoms with Crippen LogP contribution < -0.4 is 4.74 Å². The van der Waals surface area contributed by atoms with Crippen molar-refractivity contribution in [2.45, 2.75) is 38.6 Å². The average Bonchev–Trinajstić information content (AvgIpc) is 2.67. The number of aliphatic hydroxyl groups excluding tert-OH is 1. The third kappa shape index (κ3) is 6.87. The van der Waals surface area contributed by atoms with Crippen molar-refractivity contribution in [1.29, 1.82) is 0 Å². The van der Waals surface area contributed by atoms with E-state index in [-0.39, 0.29) is 17.9 Å². The largest absolute Gasteiger partial charge is 0.444 e. The van der Waals surface area contributed by atoms with Crippen LogP contribution in [0, 0.1) is 0 Å². The van der Waals surface area contributed by atoms with E-state index in [2.05, 4.69) is 0 Å². The summed E-state index contributed by atoms with van der Waals surface area (Å²) in [7, 11) is 1.53. The third-order valence-corrected chi connectivity index (χ3v) is 3.93. The molecule has 156 valence electrons. The fourth-order valence-electron chi connectivity index (χ4n) is 2.46. The van der Waals surface area contributed by atoms with Crippen LogP contribution in [0.5, 0.6) is 5.75 Å². The van der Waals surface area contributed by atoms with Crippen LogP contribution in [0.4, 0.5) is 9.18 Å². The number of carbonyl (C=O) groups is 2. The van der Waals surface area contributed by atoms with Crippen LogP contribution in [0.3, 0.4) is 0 Å². The minimum atomic E-state index is -1.89. The summed E-state index contributed by atoms with van der Waals surface area (Å²) in [6.45, 7) is 5.30. The van der Waals surface area contributed by atoms with Gasteiger partial charge >= 0.3 is 12.1 Å².